The number of nitrogen functional groups attached to an aromatic ring is 1. The van der Waals surface area contributed by atoms with Crippen LogP contribution in [-0.2, 0) is 0 Å². The van der Waals surface area contributed by atoms with Crippen LogP contribution < -0.4 is 10.6 Å². The average Bonchev–Trinajstić information content (AvgIpc) is 2.81. The van der Waals surface area contributed by atoms with Crippen LogP contribution in [0, 0.1) is 5.92 Å². The summed E-state index contributed by atoms with van der Waals surface area (Å²) < 4.78 is 0. The van der Waals surface area contributed by atoms with Crippen molar-refractivity contribution in [2.45, 2.75) is 32.6 Å². The minimum atomic E-state index is 0.0311. The summed E-state index contributed by atoms with van der Waals surface area (Å²) in [7, 11) is 2.09. The third-order valence-corrected chi connectivity index (χ3v) is 3.86. The van der Waals surface area contributed by atoms with Crippen molar-refractivity contribution in [3.8, 4) is 0 Å². The van der Waals surface area contributed by atoms with Crippen LogP contribution in [0.4, 0.5) is 11.4 Å². The molecule has 0 heterocycles. The summed E-state index contributed by atoms with van der Waals surface area (Å²) in [6, 6.07) is 5.74. The van der Waals surface area contributed by atoms with Crippen LogP contribution >= 0.6 is 0 Å². The summed E-state index contributed by atoms with van der Waals surface area (Å²) in [6.45, 7) is 2.63. The van der Waals surface area contributed by atoms with Gasteiger partial charge in [0.1, 0.15) is 0 Å². The number of anilines is 2. The Morgan fingerprint density at radius 3 is 2.67 bits per heavy atom. The van der Waals surface area contributed by atoms with E-state index in [1.54, 1.807) is 6.92 Å². The lowest BCUT2D eigenvalue weighted by atomic mass is 10.1. The third-order valence-electron chi connectivity index (χ3n) is 3.86. The van der Waals surface area contributed by atoms with Crippen molar-refractivity contribution in [1.82, 2.24) is 0 Å². The number of Topliss-reactive ketones (excluding diaryl/α,β-unsaturated/α-hetero) is 1. The number of ketones is 1. The number of carbonyl (C=O) groups excluding carboxylic acids is 1. The highest BCUT2D eigenvalue weighted by atomic mass is 16.1. The first kappa shape index (κ1) is 12.9. The van der Waals surface area contributed by atoms with Crippen LogP contribution in [0.2, 0.25) is 0 Å². The first-order valence-electron chi connectivity index (χ1n) is 6.69. The fraction of sp³-hybridized carbons (Fsp3) is 0.533. The van der Waals surface area contributed by atoms with Gasteiger partial charge in [-0.15, -0.1) is 0 Å². The molecule has 0 atom stereocenters. The third kappa shape index (κ3) is 2.84. The first-order valence-corrected chi connectivity index (χ1v) is 6.69. The summed E-state index contributed by atoms with van der Waals surface area (Å²) in [5, 5.41) is 0. The van der Waals surface area contributed by atoms with Gasteiger partial charge in [0.2, 0.25) is 0 Å². The molecule has 0 amide bonds. The van der Waals surface area contributed by atoms with E-state index in [0.29, 0.717) is 11.3 Å². The number of hydrogen-bond acceptors (Lipinski definition) is 3. The normalized spacial score (nSPS) is 15.9. The molecule has 1 aliphatic carbocycles. The lowest BCUT2D eigenvalue weighted by Crippen LogP contribution is -2.24. The van der Waals surface area contributed by atoms with E-state index < -0.39 is 0 Å². The van der Waals surface area contributed by atoms with Crippen molar-refractivity contribution in [2.75, 3.05) is 24.2 Å². The highest BCUT2D eigenvalue weighted by Gasteiger charge is 2.17. The molecule has 2 N–H and O–H groups in total. The summed E-state index contributed by atoms with van der Waals surface area (Å²) in [5.41, 5.74) is 8.10. The standard InChI is InChI=1S/C15H22N2O/c1-11(18)14-9-13(7-8-15(14)16)17(2)10-12-5-3-4-6-12/h7-9,12H,3-6,10,16H2,1-2H3. The monoisotopic (exact) mass is 246 g/mol. The van der Waals surface area contributed by atoms with Crippen molar-refractivity contribution >= 4 is 17.2 Å². The fourth-order valence-electron chi connectivity index (χ4n) is 2.77. The van der Waals surface area contributed by atoms with Crippen LogP contribution in [0.3, 0.4) is 0 Å². The van der Waals surface area contributed by atoms with Gasteiger partial charge >= 0.3 is 0 Å². The first-order chi connectivity index (χ1) is 8.58. The number of rotatable bonds is 4. The summed E-state index contributed by atoms with van der Waals surface area (Å²) in [4.78, 5) is 13.7. The van der Waals surface area contributed by atoms with Crippen LogP contribution in [0.1, 0.15) is 43.0 Å². The van der Waals surface area contributed by atoms with E-state index in [9.17, 15) is 4.79 Å². The molecular formula is C15H22N2O. The fourth-order valence-corrected chi connectivity index (χ4v) is 2.77. The molecule has 1 aliphatic rings. The number of benzene rings is 1. The Kier molecular flexibility index (Phi) is 3.90. The second-order valence-electron chi connectivity index (χ2n) is 5.36. The van der Waals surface area contributed by atoms with Gasteiger partial charge in [0, 0.05) is 30.5 Å². The molecule has 1 aromatic carbocycles. The molecule has 0 aromatic heterocycles. The molecule has 2 rings (SSSR count). The highest BCUT2D eigenvalue weighted by molar-refractivity contribution is 6.00. The highest BCUT2D eigenvalue weighted by Crippen LogP contribution is 2.28. The predicted octanol–water partition coefficient (Wildman–Crippen LogP) is 3.10. The van der Waals surface area contributed by atoms with E-state index in [0.717, 1.165) is 18.2 Å². The molecule has 0 radical (unpaired) electrons. The maximum atomic E-state index is 11.5. The summed E-state index contributed by atoms with van der Waals surface area (Å²) >= 11 is 0. The second-order valence-corrected chi connectivity index (χ2v) is 5.36. The SMILES string of the molecule is CC(=O)c1cc(N(C)CC2CCCC2)ccc1N. The zero-order chi connectivity index (χ0) is 13.1. The van der Waals surface area contributed by atoms with Gasteiger partial charge in [-0.1, -0.05) is 12.8 Å². The van der Waals surface area contributed by atoms with E-state index in [1.807, 2.05) is 18.2 Å². The van der Waals surface area contributed by atoms with E-state index in [4.69, 9.17) is 5.73 Å². The quantitative estimate of drug-likeness (QED) is 0.656. The van der Waals surface area contributed by atoms with Gasteiger partial charge < -0.3 is 10.6 Å². The van der Waals surface area contributed by atoms with Gasteiger partial charge in [-0.25, -0.2) is 0 Å². The van der Waals surface area contributed by atoms with Gasteiger partial charge in [-0.05, 0) is 43.9 Å². The molecule has 1 aromatic rings. The van der Waals surface area contributed by atoms with Gasteiger partial charge in [0.05, 0.1) is 0 Å². The molecular weight excluding hydrogens is 224 g/mol. The molecule has 0 aliphatic heterocycles. The molecule has 3 nitrogen and oxygen atoms in total. The molecule has 98 valence electrons. The Bertz CT molecular complexity index is 436. The van der Waals surface area contributed by atoms with Crippen molar-refractivity contribution in [1.29, 1.82) is 0 Å². The largest absolute Gasteiger partial charge is 0.398 e. The number of nitrogens with two attached hydrogens (primary N) is 1. The summed E-state index contributed by atoms with van der Waals surface area (Å²) in [5.74, 6) is 0.831. The topological polar surface area (TPSA) is 46.3 Å². The van der Waals surface area contributed by atoms with Crippen molar-refractivity contribution < 1.29 is 4.79 Å². The van der Waals surface area contributed by atoms with Crippen molar-refractivity contribution in [2.24, 2.45) is 5.92 Å². The lowest BCUT2D eigenvalue weighted by Gasteiger charge is -2.23. The second kappa shape index (κ2) is 5.42. The molecule has 18 heavy (non-hydrogen) atoms. The number of hydrogen-bond donors (Lipinski definition) is 1. The predicted molar refractivity (Wildman–Crippen MR) is 76.1 cm³/mol. The van der Waals surface area contributed by atoms with Gasteiger partial charge in [-0.3, -0.25) is 4.79 Å². The van der Waals surface area contributed by atoms with E-state index >= 15 is 0 Å². The number of carbonyl (C=O) groups is 1. The van der Waals surface area contributed by atoms with Crippen LogP contribution in [0.15, 0.2) is 18.2 Å². The molecule has 0 saturated heterocycles. The smallest absolute Gasteiger partial charge is 0.161 e. The maximum Gasteiger partial charge on any atom is 0.161 e. The van der Waals surface area contributed by atoms with E-state index in [1.165, 1.54) is 25.7 Å². The molecule has 1 saturated carbocycles. The zero-order valence-electron chi connectivity index (χ0n) is 11.3. The molecule has 0 bridgehead atoms. The average molecular weight is 246 g/mol. The van der Waals surface area contributed by atoms with Gasteiger partial charge in [0.25, 0.3) is 0 Å². The Balaban J connectivity index is 2.11. The van der Waals surface area contributed by atoms with E-state index in [2.05, 4.69) is 11.9 Å². The van der Waals surface area contributed by atoms with Gasteiger partial charge in [0.15, 0.2) is 5.78 Å². The Hall–Kier alpha value is -1.51. The van der Waals surface area contributed by atoms with Crippen LogP contribution in [0.25, 0.3) is 0 Å². The maximum absolute atomic E-state index is 11.5. The zero-order valence-corrected chi connectivity index (χ0v) is 11.3. The summed E-state index contributed by atoms with van der Waals surface area (Å²) in [6.07, 6.45) is 5.38. The molecule has 3 heteroatoms. The minimum absolute atomic E-state index is 0.0311. The molecule has 0 unspecified atom stereocenters. The van der Waals surface area contributed by atoms with Crippen LogP contribution in [-0.4, -0.2) is 19.4 Å². The van der Waals surface area contributed by atoms with Crippen molar-refractivity contribution in [3.05, 3.63) is 23.8 Å². The lowest BCUT2D eigenvalue weighted by molar-refractivity contribution is 0.101. The Labute approximate surface area is 109 Å². The van der Waals surface area contributed by atoms with Crippen LogP contribution in [0.5, 0.6) is 0 Å². The minimum Gasteiger partial charge on any atom is -0.398 e. The van der Waals surface area contributed by atoms with Gasteiger partial charge in [-0.2, -0.15) is 0 Å². The number of nitrogens with zero attached hydrogens (tertiary/aromatic N) is 1. The molecule has 0 spiro atoms. The van der Waals surface area contributed by atoms with Crippen molar-refractivity contribution in [3.63, 3.8) is 0 Å². The van der Waals surface area contributed by atoms with E-state index in [-0.39, 0.29) is 5.78 Å². The Morgan fingerprint density at radius 2 is 2.06 bits per heavy atom. The molecule has 1 fully saturated rings. The Morgan fingerprint density at radius 1 is 1.39 bits per heavy atom.